The molecule has 0 aromatic carbocycles. The number of rotatable bonds is 9. The summed E-state index contributed by atoms with van der Waals surface area (Å²) in [7, 11) is 0. The van der Waals surface area contributed by atoms with Crippen LogP contribution < -0.4 is 26.0 Å². The molecule has 7 heterocycles. The molecule has 14 nitrogen and oxygen atoms in total. The fourth-order valence-corrected chi connectivity index (χ4v) is 8.77. The Kier molecular flexibility index (Phi) is 10.1. The number of nitrogens with zero attached hydrogens (tertiary/aromatic N) is 8. The quantitative estimate of drug-likeness (QED) is 0.184. The standard InChI is InChI=1S/C40H48N10O4/c1-25-32-23-43-40(46-37(32)50(29-5-3-4-6-29)39(54)36(25)26(2)51)44-33-10-8-30(22-41-33)48-19-17-47(18-20-48)24-27-13-15-49(16-14-27)34-11-7-28(21-42-34)31-9-12-35(52)45-38(31)53/h7-8,10-11,21-23,27,29,31H,3-6,9,12-20,24H2,1-2H3,(H,45,52,53)(H,41,43,44,46). The molecule has 1 atom stereocenters. The third-order valence-electron chi connectivity index (χ3n) is 11.8. The van der Waals surface area contributed by atoms with Crippen LogP contribution in [-0.2, 0) is 9.59 Å². The van der Waals surface area contributed by atoms with Gasteiger partial charge in [-0.2, -0.15) is 4.98 Å². The van der Waals surface area contributed by atoms with E-state index in [4.69, 9.17) is 4.98 Å². The number of anilines is 4. The van der Waals surface area contributed by atoms with Crippen LogP contribution in [0.1, 0.15) is 91.7 Å². The minimum absolute atomic E-state index is 0.0230. The molecule has 8 rings (SSSR count). The van der Waals surface area contributed by atoms with Crippen molar-refractivity contribution in [3.8, 4) is 0 Å². The van der Waals surface area contributed by atoms with E-state index in [-0.39, 0.29) is 40.7 Å². The number of fused-ring (bicyclic) bond motifs is 1. The van der Waals surface area contributed by atoms with Crippen molar-refractivity contribution < 1.29 is 14.4 Å². The van der Waals surface area contributed by atoms with Gasteiger partial charge < -0.3 is 15.1 Å². The number of Topliss-reactive ketones (excluding diaryl/α,β-unsaturated/α-hetero) is 1. The van der Waals surface area contributed by atoms with Gasteiger partial charge in [0.2, 0.25) is 17.8 Å². The van der Waals surface area contributed by atoms with E-state index in [0.29, 0.717) is 41.7 Å². The van der Waals surface area contributed by atoms with Gasteiger partial charge in [0.05, 0.1) is 23.4 Å². The number of nitrogens with one attached hydrogen (secondary N) is 2. The molecule has 282 valence electrons. The molecule has 2 N–H and O–H groups in total. The molecule has 4 aromatic rings. The summed E-state index contributed by atoms with van der Waals surface area (Å²) in [5, 5.41) is 6.39. The van der Waals surface area contributed by atoms with Crippen LogP contribution in [0.5, 0.6) is 0 Å². The number of piperidine rings is 2. The highest BCUT2D eigenvalue weighted by Crippen LogP contribution is 2.32. The van der Waals surface area contributed by atoms with Gasteiger partial charge in [-0.1, -0.05) is 18.9 Å². The van der Waals surface area contributed by atoms with E-state index in [2.05, 4.69) is 46.4 Å². The Morgan fingerprint density at radius 2 is 1.63 bits per heavy atom. The second-order valence-electron chi connectivity index (χ2n) is 15.3. The lowest BCUT2D eigenvalue weighted by Gasteiger charge is -2.39. The van der Waals surface area contributed by atoms with Crippen LogP contribution in [0.25, 0.3) is 11.0 Å². The van der Waals surface area contributed by atoms with Crippen LogP contribution >= 0.6 is 0 Å². The van der Waals surface area contributed by atoms with Gasteiger partial charge in [0.1, 0.15) is 17.3 Å². The lowest BCUT2D eigenvalue weighted by Crippen LogP contribution is -2.49. The Hall–Kier alpha value is -5.24. The summed E-state index contributed by atoms with van der Waals surface area (Å²) in [5.41, 5.74) is 3.09. The molecule has 54 heavy (non-hydrogen) atoms. The summed E-state index contributed by atoms with van der Waals surface area (Å²) in [5.74, 6) is 1.61. The number of aryl methyl sites for hydroxylation is 1. The summed E-state index contributed by atoms with van der Waals surface area (Å²) >= 11 is 0. The Morgan fingerprint density at radius 1 is 0.852 bits per heavy atom. The SMILES string of the molecule is CC(=O)c1c(C)c2cnc(Nc3ccc(N4CCN(CC5CCN(c6ccc(C7CCC(=O)NC7=O)cn6)CC5)CC4)cn3)nc2n(C2CCCC2)c1=O. The lowest BCUT2D eigenvalue weighted by molar-refractivity contribution is -0.134. The van der Waals surface area contributed by atoms with Crippen LogP contribution in [0.4, 0.5) is 23.3 Å². The summed E-state index contributed by atoms with van der Waals surface area (Å²) in [6, 6.07) is 8.03. The number of hydrogen-bond acceptors (Lipinski definition) is 12. The first-order chi connectivity index (χ1) is 26.2. The third-order valence-corrected chi connectivity index (χ3v) is 11.8. The van der Waals surface area contributed by atoms with E-state index in [1.165, 1.54) is 6.92 Å². The minimum atomic E-state index is -0.306. The highest BCUT2D eigenvalue weighted by Gasteiger charge is 2.30. The van der Waals surface area contributed by atoms with Crippen molar-refractivity contribution in [1.29, 1.82) is 0 Å². The van der Waals surface area contributed by atoms with Gasteiger partial charge in [-0.3, -0.25) is 34.0 Å². The fraction of sp³-hybridized carbons (Fsp3) is 0.500. The van der Waals surface area contributed by atoms with Gasteiger partial charge in [-0.15, -0.1) is 0 Å². The normalized spacial score (nSPS) is 20.4. The van der Waals surface area contributed by atoms with E-state index >= 15 is 0 Å². The van der Waals surface area contributed by atoms with Crippen molar-refractivity contribution in [3.05, 3.63) is 69.9 Å². The number of pyridine rings is 3. The van der Waals surface area contributed by atoms with E-state index in [1.807, 2.05) is 24.4 Å². The largest absolute Gasteiger partial charge is 0.368 e. The Bertz CT molecular complexity index is 2100. The number of carbonyl (C=O) groups excluding carboxylic acids is 3. The van der Waals surface area contributed by atoms with E-state index in [9.17, 15) is 19.2 Å². The molecule has 4 fully saturated rings. The topological polar surface area (TPSA) is 159 Å². The van der Waals surface area contributed by atoms with Crippen LogP contribution in [0.2, 0.25) is 0 Å². The molecule has 1 saturated carbocycles. The zero-order chi connectivity index (χ0) is 37.3. The molecule has 0 spiro atoms. The van der Waals surface area contributed by atoms with Crippen molar-refractivity contribution in [2.45, 2.75) is 77.2 Å². The molecule has 0 bridgehead atoms. The van der Waals surface area contributed by atoms with Crippen LogP contribution in [0.3, 0.4) is 0 Å². The highest BCUT2D eigenvalue weighted by atomic mass is 16.2. The number of carbonyl (C=O) groups is 3. The lowest BCUT2D eigenvalue weighted by atomic mass is 9.91. The average molecular weight is 733 g/mol. The summed E-state index contributed by atoms with van der Waals surface area (Å²) < 4.78 is 1.73. The number of hydrogen-bond donors (Lipinski definition) is 2. The smallest absolute Gasteiger partial charge is 0.263 e. The molecule has 1 aliphatic carbocycles. The van der Waals surface area contributed by atoms with Gasteiger partial charge in [0.25, 0.3) is 5.56 Å². The zero-order valence-electron chi connectivity index (χ0n) is 31.1. The maximum absolute atomic E-state index is 13.6. The maximum atomic E-state index is 13.6. The second kappa shape index (κ2) is 15.2. The molecule has 3 aliphatic heterocycles. The number of piperazine rings is 1. The minimum Gasteiger partial charge on any atom is -0.368 e. The molecule has 1 unspecified atom stereocenters. The van der Waals surface area contributed by atoms with E-state index < -0.39 is 0 Å². The fourth-order valence-electron chi connectivity index (χ4n) is 8.77. The van der Waals surface area contributed by atoms with Gasteiger partial charge in [-0.05, 0) is 81.2 Å². The molecular weight excluding hydrogens is 685 g/mol. The van der Waals surface area contributed by atoms with E-state index in [0.717, 1.165) is 107 Å². The number of ketones is 1. The van der Waals surface area contributed by atoms with Gasteiger partial charge in [0, 0.05) is 76.1 Å². The van der Waals surface area contributed by atoms with Crippen molar-refractivity contribution in [2.24, 2.45) is 5.92 Å². The summed E-state index contributed by atoms with van der Waals surface area (Å²) in [4.78, 5) is 75.8. The number of aromatic nitrogens is 5. The predicted octanol–water partition coefficient (Wildman–Crippen LogP) is 4.51. The van der Waals surface area contributed by atoms with E-state index in [1.54, 1.807) is 23.9 Å². The molecule has 2 amide bonds. The Morgan fingerprint density at radius 3 is 2.30 bits per heavy atom. The molecule has 4 aromatic heterocycles. The summed E-state index contributed by atoms with van der Waals surface area (Å²) in [6.45, 7) is 10.1. The molecule has 14 heteroatoms. The Labute approximate surface area is 314 Å². The zero-order valence-corrected chi connectivity index (χ0v) is 31.1. The number of amides is 2. The maximum Gasteiger partial charge on any atom is 0.263 e. The van der Waals surface area contributed by atoms with Gasteiger partial charge in [-0.25, -0.2) is 15.0 Å². The first-order valence-electron chi connectivity index (χ1n) is 19.4. The second-order valence-corrected chi connectivity index (χ2v) is 15.3. The Balaban J connectivity index is 0.831. The first-order valence-corrected chi connectivity index (χ1v) is 19.4. The molecule has 4 aliphatic rings. The molecule has 3 saturated heterocycles. The summed E-state index contributed by atoms with van der Waals surface area (Å²) in [6.07, 6.45) is 12.4. The van der Waals surface area contributed by atoms with Gasteiger partial charge >= 0.3 is 0 Å². The van der Waals surface area contributed by atoms with Crippen LogP contribution in [-0.4, -0.2) is 92.8 Å². The highest BCUT2D eigenvalue weighted by molar-refractivity contribution is 6.01. The third kappa shape index (κ3) is 7.31. The number of imide groups is 1. The van der Waals surface area contributed by atoms with Crippen molar-refractivity contribution in [2.75, 3.05) is 60.9 Å². The first kappa shape index (κ1) is 35.8. The van der Waals surface area contributed by atoms with Crippen molar-refractivity contribution >= 4 is 51.9 Å². The predicted molar refractivity (Wildman–Crippen MR) is 207 cm³/mol. The monoisotopic (exact) mass is 732 g/mol. The van der Waals surface area contributed by atoms with Crippen molar-refractivity contribution in [1.82, 2.24) is 34.7 Å². The van der Waals surface area contributed by atoms with Crippen LogP contribution in [0.15, 0.2) is 47.7 Å². The van der Waals surface area contributed by atoms with Crippen LogP contribution in [0, 0.1) is 12.8 Å². The van der Waals surface area contributed by atoms with Crippen molar-refractivity contribution in [3.63, 3.8) is 0 Å². The molecule has 0 radical (unpaired) electrons. The molecular formula is C40H48N10O4. The average Bonchev–Trinajstić information content (AvgIpc) is 3.71. The van der Waals surface area contributed by atoms with Gasteiger partial charge in [0.15, 0.2) is 5.78 Å².